The van der Waals surface area contributed by atoms with Crippen LogP contribution in [0, 0.1) is 5.92 Å². The summed E-state index contributed by atoms with van der Waals surface area (Å²) in [5.74, 6) is 0.309. The summed E-state index contributed by atoms with van der Waals surface area (Å²) in [6.07, 6.45) is 2.93. The molecule has 1 rings (SSSR count). The summed E-state index contributed by atoms with van der Waals surface area (Å²) in [5, 5.41) is 2.75. The second kappa shape index (κ2) is 2.21. The van der Waals surface area contributed by atoms with E-state index >= 15 is 0 Å². The van der Waals surface area contributed by atoms with Crippen LogP contribution in [0.5, 0.6) is 0 Å². The topological polar surface area (TPSA) is 29.1 Å². The molecule has 2 heteroatoms. The highest BCUT2D eigenvalue weighted by atomic mass is 16.1. The number of carbonyl (C=O) groups is 1. The summed E-state index contributed by atoms with van der Waals surface area (Å²) in [4.78, 5) is 10.9. The van der Waals surface area contributed by atoms with Gasteiger partial charge in [-0.1, -0.05) is 13.0 Å². The lowest BCUT2D eigenvalue weighted by Crippen LogP contribution is -2.30. The minimum atomic E-state index is 0.148. The molecule has 1 unspecified atom stereocenters. The highest BCUT2D eigenvalue weighted by molar-refractivity contribution is 5.81. The molecular weight excluding hydrogens is 114 g/mol. The van der Waals surface area contributed by atoms with Crippen LogP contribution in [-0.2, 0) is 4.79 Å². The zero-order chi connectivity index (χ0) is 6.85. The maximum Gasteiger partial charge on any atom is 0.227 e. The minimum absolute atomic E-state index is 0.148. The van der Waals surface area contributed by atoms with Crippen molar-refractivity contribution in [2.75, 3.05) is 0 Å². The molecule has 0 spiro atoms. The van der Waals surface area contributed by atoms with Gasteiger partial charge in [0.2, 0.25) is 5.91 Å². The molecule has 1 heterocycles. The van der Waals surface area contributed by atoms with Crippen LogP contribution in [0.25, 0.3) is 0 Å². The third-order valence-corrected chi connectivity index (χ3v) is 1.55. The van der Waals surface area contributed by atoms with Gasteiger partial charge in [0.15, 0.2) is 0 Å². The van der Waals surface area contributed by atoms with E-state index in [0.29, 0.717) is 0 Å². The number of amides is 1. The van der Waals surface area contributed by atoms with Gasteiger partial charge in [0.05, 0.1) is 0 Å². The van der Waals surface area contributed by atoms with Crippen LogP contribution in [0.1, 0.15) is 20.3 Å². The summed E-state index contributed by atoms with van der Waals surface area (Å²) < 4.78 is 0. The summed E-state index contributed by atoms with van der Waals surface area (Å²) >= 11 is 0. The van der Waals surface area contributed by atoms with Gasteiger partial charge in [-0.15, -0.1) is 0 Å². The van der Waals surface area contributed by atoms with Gasteiger partial charge in [0, 0.05) is 11.6 Å². The van der Waals surface area contributed by atoms with Gasteiger partial charge >= 0.3 is 0 Å². The van der Waals surface area contributed by atoms with Gasteiger partial charge in [-0.3, -0.25) is 4.79 Å². The zero-order valence-electron chi connectivity index (χ0n) is 5.77. The molecule has 0 aromatic rings. The number of carbonyl (C=O) groups excluding carboxylic acids is 1. The predicted octanol–water partition coefficient (Wildman–Crippen LogP) is 1.05. The average Bonchev–Trinajstić information content (AvgIpc) is 1.80. The molecule has 1 atom stereocenters. The minimum Gasteiger partial charge on any atom is -0.330 e. The monoisotopic (exact) mass is 125 g/mol. The van der Waals surface area contributed by atoms with Gasteiger partial charge in [-0.05, 0) is 13.3 Å². The molecule has 0 radical (unpaired) electrons. The van der Waals surface area contributed by atoms with Crippen LogP contribution in [0.3, 0.4) is 0 Å². The Morgan fingerprint density at radius 2 is 2.44 bits per heavy atom. The van der Waals surface area contributed by atoms with E-state index in [1.54, 1.807) is 0 Å². The molecular formula is C7H11NO. The average molecular weight is 125 g/mol. The molecule has 0 aromatic carbocycles. The molecule has 0 aliphatic carbocycles. The van der Waals surface area contributed by atoms with Crippen molar-refractivity contribution in [1.82, 2.24) is 5.32 Å². The lowest BCUT2D eigenvalue weighted by Gasteiger charge is -2.15. The zero-order valence-corrected chi connectivity index (χ0v) is 5.77. The Hall–Kier alpha value is -0.790. The van der Waals surface area contributed by atoms with Crippen LogP contribution in [0.15, 0.2) is 11.8 Å². The van der Waals surface area contributed by atoms with Gasteiger partial charge in [-0.25, -0.2) is 0 Å². The number of hydrogen-bond donors (Lipinski definition) is 1. The molecule has 1 aliphatic heterocycles. The van der Waals surface area contributed by atoms with Crippen LogP contribution < -0.4 is 5.32 Å². The Bertz CT molecular complexity index is 160. The fourth-order valence-corrected chi connectivity index (χ4v) is 0.829. The van der Waals surface area contributed by atoms with E-state index in [9.17, 15) is 4.79 Å². The number of hydrogen-bond acceptors (Lipinski definition) is 1. The fraction of sp³-hybridized carbons (Fsp3) is 0.571. The van der Waals surface area contributed by atoms with E-state index in [1.807, 2.05) is 19.9 Å². The SMILES string of the molecule is CC1=CCC(C)C(=O)N1. The molecule has 0 saturated heterocycles. The molecule has 0 fully saturated rings. The first-order valence-corrected chi connectivity index (χ1v) is 3.18. The van der Waals surface area contributed by atoms with Crippen molar-refractivity contribution in [2.24, 2.45) is 5.92 Å². The van der Waals surface area contributed by atoms with Crippen molar-refractivity contribution in [3.63, 3.8) is 0 Å². The van der Waals surface area contributed by atoms with E-state index in [2.05, 4.69) is 5.32 Å². The van der Waals surface area contributed by atoms with Crippen LogP contribution in [0.2, 0.25) is 0 Å². The van der Waals surface area contributed by atoms with E-state index in [1.165, 1.54) is 0 Å². The Morgan fingerprint density at radius 1 is 1.78 bits per heavy atom. The van der Waals surface area contributed by atoms with Gasteiger partial charge in [0.25, 0.3) is 0 Å². The van der Waals surface area contributed by atoms with Crippen LogP contribution in [0.4, 0.5) is 0 Å². The molecule has 0 saturated carbocycles. The third kappa shape index (κ3) is 1.31. The van der Waals surface area contributed by atoms with Crippen molar-refractivity contribution in [1.29, 1.82) is 0 Å². The molecule has 2 nitrogen and oxygen atoms in total. The molecule has 1 aliphatic rings. The smallest absolute Gasteiger partial charge is 0.227 e. The first-order chi connectivity index (χ1) is 4.20. The highest BCUT2D eigenvalue weighted by Gasteiger charge is 2.14. The van der Waals surface area contributed by atoms with Crippen molar-refractivity contribution in [2.45, 2.75) is 20.3 Å². The number of rotatable bonds is 0. The van der Waals surface area contributed by atoms with Gasteiger partial charge < -0.3 is 5.32 Å². The lowest BCUT2D eigenvalue weighted by molar-refractivity contribution is -0.124. The van der Waals surface area contributed by atoms with E-state index in [0.717, 1.165) is 12.1 Å². The molecule has 1 N–H and O–H groups in total. The van der Waals surface area contributed by atoms with E-state index < -0.39 is 0 Å². The fourth-order valence-electron chi connectivity index (χ4n) is 0.829. The molecule has 0 aromatic heterocycles. The quantitative estimate of drug-likeness (QED) is 0.515. The Labute approximate surface area is 54.9 Å². The highest BCUT2D eigenvalue weighted by Crippen LogP contribution is 2.10. The summed E-state index contributed by atoms with van der Waals surface area (Å²) in [7, 11) is 0. The second-order valence-electron chi connectivity index (χ2n) is 2.51. The Morgan fingerprint density at radius 3 is 2.89 bits per heavy atom. The molecule has 1 amide bonds. The Kier molecular flexibility index (Phi) is 1.56. The maximum atomic E-state index is 10.9. The van der Waals surface area contributed by atoms with Crippen LogP contribution in [-0.4, -0.2) is 5.91 Å². The standard InChI is InChI=1S/C7H11NO/c1-5-3-4-6(2)8-7(5)9/h4-5H,3H2,1-2H3,(H,8,9). The number of allylic oxidation sites excluding steroid dienone is 2. The summed E-state index contributed by atoms with van der Waals surface area (Å²) in [6.45, 7) is 3.84. The molecule has 0 bridgehead atoms. The lowest BCUT2D eigenvalue weighted by atomic mass is 10.0. The largest absolute Gasteiger partial charge is 0.330 e. The third-order valence-electron chi connectivity index (χ3n) is 1.55. The normalized spacial score (nSPS) is 27.1. The van der Waals surface area contributed by atoms with Gasteiger partial charge in [-0.2, -0.15) is 0 Å². The second-order valence-corrected chi connectivity index (χ2v) is 2.51. The van der Waals surface area contributed by atoms with Crippen LogP contribution >= 0.6 is 0 Å². The molecule has 50 valence electrons. The first kappa shape index (κ1) is 6.33. The first-order valence-electron chi connectivity index (χ1n) is 3.18. The summed E-state index contributed by atoms with van der Waals surface area (Å²) in [5.41, 5.74) is 0.984. The van der Waals surface area contributed by atoms with E-state index in [4.69, 9.17) is 0 Å². The summed E-state index contributed by atoms with van der Waals surface area (Å²) in [6, 6.07) is 0. The maximum absolute atomic E-state index is 10.9. The Balaban J connectivity index is 2.65. The van der Waals surface area contributed by atoms with Crippen molar-refractivity contribution in [3.05, 3.63) is 11.8 Å². The van der Waals surface area contributed by atoms with Gasteiger partial charge in [0.1, 0.15) is 0 Å². The van der Waals surface area contributed by atoms with Crippen molar-refractivity contribution in [3.8, 4) is 0 Å². The van der Waals surface area contributed by atoms with Crippen molar-refractivity contribution < 1.29 is 4.79 Å². The van der Waals surface area contributed by atoms with E-state index in [-0.39, 0.29) is 11.8 Å². The van der Waals surface area contributed by atoms with Crippen molar-refractivity contribution >= 4 is 5.91 Å². The number of nitrogens with one attached hydrogen (secondary N) is 1. The molecule has 9 heavy (non-hydrogen) atoms. The predicted molar refractivity (Wildman–Crippen MR) is 35.7 cm³/mol.